The molecule has 2 saturated heterocycles. The summed E-state index contributed by atoms with van der Waals surface area (Å²) in [5.74, 6) is -0.407. The molecule has 1 aromatic heterocycles. The van der Waals surface area contributed by atoms with Gasteiger partial charge >= 0.3 is 11.9 Å². The van der Waals surface area contributed by atoms with Crippen molar-refractivity contribution in [1.29, 1.82) is 0 Å². The molecule has 2 spiro atoms. The molecule has 0 unspecified atom stereocenters. The second kappa shape index (κ2) is 4.87. The van der Waals surface area contributed by atoms with Crippen molar-refractivity contribution in [2.75, 3.05) is 6.61 Å². The molecule has 3 fully saturated rings. The Balaban J connectivity index is 1.61. The third-order valence-electron chi connectivity index (χ3n) is 6.82. The average molecular weight is 340 g/mol. The zero-order chi connectivity index (χ0) is 17.2. The van der Waals surface area contributed by atoms with Crippen LogP contribution in [0.25, 0.3) is 0 Å². The zero-order valence-electron chi connectivity index (χ0n) is 14.0. The fraction of sp³-hybridized carbons (Fsp3) is 0.500. The molecule has 0 bridgehead atoms. The summed E-state index contributed by atoms with van der Waals surface area (Å²) in [6.45, 7) is 4.64. The van der Waals surface area contributed by atoms with Gasteiger partial charge < -0.3 is 13.9 Å². The first kappa shape index (κ1) is 15.0. The first-order valence-electron chi connectivity index (χ1n) is 8.87. The summed E-state index contributed by atoms with van der Waals surface area (Å²) in [7, 11) is 0. The Bertz CT molecular complexity index is 804. The molecule has 1 aromatic rings. The fourth-order valence-electron chi connectivity index (χ4n) is 5.61. The Morgan fingerprint density at radius 3 is 2.96 bits per heavy atom. The van der Waals surface area contributed by atoms with Gasteiger partial charge in [-0.3, -0.25) is 4.79 Å². The predicted molar refractivity (Wildman–Crippen MR) is 87.2 cm³/mol. The van der Waals surface area contributed by atoms with E-state index in [1.165, 1.54) is 0 Å². The van der Waals surface area contributed by atoms with Gasteiger partial charge in [-0.1, -0.05) is 18.2 Å². The summed E-state index contributed by atoms with van der Waals surface area (Å²) >= 11 is 0. The molecule has 4 aliphatic rings. The van der Waals surface area contributed by atoms with Crippen LogP contribution in [-0.4, -0.2) is 18.5 Å². The lowest BCUT2D eigenvalue weighted by atomic mass is 9.48. The standard InChI is InChI=1S/C20H20O5/c1-12-5-7-19-11-24-17(21)14(19)3-2-4-16(19)20(12)9-15(25-18(20)22)13-6-8-23-10-13/h3,6,8,10,15-16H,1-2,4-5,7,9,11H2/t15-,16-,19+,20+/m0/s1. The van der Waals surface area contributed by atoms with Crippen molar-refractivity contribution in [2.45, 2.75) is 38.2 Å². The molecular formula is C20H20O5. The number of ether oxygens (including phenoxy) is 2. The number of carbonyl (C=O) groups excluding carboxylic acids is 2. The normalized spacial score (nSPS) is 39.7. The first-order valence-corrected chi connectivity index (χ1v) is 8.87. The largest absolute Gasteiger partial charge is 0.472 e. The SMILES string of the molecule is C=C1CC[C@@]23COC(=O)C2=CCC[C@@H]3[C@@]12C[C@@H](c1ccoc1)OC2=O. The van der Waals surface area contributed by atoms with Gasteiger partial charge in [0.25, 0.3) is 0 Å². The quantitative estimate of drug-likeness (QED) is 0.578. The van der Waals surface area contributed by atoms with E-state index in [1.54, 1.807) is 12.5 Å². The van der Waals surface area contributed by atoms with E-state index in [2.05, 4.69) is 6.58 Å². The number of hydrogen-bond acceptors (Lipinski definition) is 5. The second-order valence-corrected chi connectivity index (χ2v) is 7.71. The van der Waals surface area contributed by atoms with Gasteiger partial charge in [0, 0.05) is 23.0 Å². The van der Waals surface area contributed by atoms with E-state index >= 15 is 0 Å². The Morgan fingerprint density at radius 2 is 2.16 bits per heavy atom. The highest BCUT2D eigenvalue weighted by Gasteiger charge is 2.67. The van der Waals surface area contributed by atoms with Crippen LogP contribution in [0.2, 0.25) is 0 Å². The van der Waals surface area contributed by atoms with Gasteiger partial charge in [-0.25, -0.2) is 4.79 Å². The number of hydrogen-bond donors (Lipinski definition) is 0. The van der Waals surface area contributed by atoms with E-state index in [0.29, 0.717) is 13.0 Å². The zero-order valence-corrected chi connectivity index (χ0v) is 14.0. The summed E-state index contributed by atoms with van der Waals surface area (Å²) < 4.78 is 16.4. The number of furan rings is 1. The third kappa shape index (κ3) is 1.73. The van der Waals surface area contributed by atoms with Crippen molar-refractivity contribution in [1.82, 2.24) is 0 Å². The van der Waals surface area contributed by atoms with Crippen molar-refractivity contribution in [3.63, 3.8) is 0 Å². The molecule has 3 heterocycles. The van der Waals surface area contributed by atoms with E-state index in [4.69, 9.17) is 13.9 Å². The van der Waals surface area contributed by atoms with Crippen LogP contribution in [0.1, 0.15) is 43.8 Å². The fourth-order valence-corrected chi connectivity index (χ4v) is 5.61. The Labute approximate surface area is 145 Å². The van der Waals surface area contributed by atoms with Gasteiger partial charge in [0.1, 0.15) is 12.7 Å². The molecule has 25 heavy (non-hydrogen) atoms. The van der Waals surface area contributed by atoms with Crippen LogP contribution in [-0.2, 0) is 19.1 Å². The van der Waals surface area contributed by atoms with Crippen LogP contribution < -0.4 is 0 Å². The maximum absolute atomic E-state index is 13.1. The number of esters is 2. The summed E-state index contributed by atoms with van der Waals surface area (Å²) in [6.07, 6.45) is 8.67. The summed E-state index contributed by atoms with van der Waals surface area (Å²) in [5.41, 5.74) is 1.51. The van der Waals surface area contributed by atoms with Gasteiger partial charge in [-0.05, 0) is 37.7 Å². The summed E-state index contributed by atoms with van der Waals surface area (Å²) in [6, 6.07) is 1.84. The molecule has 5 heteroatoms. The summed E-state index contributed by atoms with van der Waals surface area (Å²) in [4.78, 5) is 25.4. The van der Waals surface area contributed by atoms with E-state index in [0.717, 1.165) is 42.4 Å². The van der Waals surface area contributed by atoms with Gasteiger partial charge in [-0.15, -0.1) is 0 Å². The van der Waals surface area contributed by atoms with Gasteiger partial charge in [-0.2, -0.15) is 0 Å². The van der Waals surface area contributed by atoms with Crippen LogP contribution in [0.4, 0.5) is 0 Å². The highest BCUT2D eigenvalue weighted by molar-refractivity contribution is 5.94. The maximum Gasteiger partial charge on any atom is 0.334 e. The molecule has 0 radical (unpaired) electrons. The molecule has 0 aromatic carbocycles. The van der Waals surface area contributed by atoms with Crippen LogP contribution in [0.15, 0.2) is 46.8 Å². The predicted octanol–water partition coefficient (Wildman–Crippen LogP) is 3.48. The molecule has 2 aliphatic heterocycles. The minimum absolute atomic E-state index is 0.0112. The molecule has 130 valence electrons. The van der Waals surface area contributed by atoms with Gasteiger partial charge in [0.05, 0.1) is 17.9 Å². The molecule has 4 atom stereocenters. The molecule has 5 rings (SSSR count). The Hall–Kier alpha value is -2.30. The topological polar surface area (TPSA) is 65.7 Å². The molecule has 1 saturated carbocycles. The summed E-state index contributed by atoms with van der Waals surface area (Å²) in [5, 5.41) is 0. The van der Waals surface area contributed by atoms with Crippen molar-refractivity contribution in [3.8, 4) is 0 Å². The van der Waals surface area contributed by atoms with Crippen LogP contribution in [0, 0.1) is 16.7 Å². The second-order valence-electron chi connectivity index (χ2n) is 7.71. The molecular weight excluding hydrogens is 320 g/mol. The van der Waals surface area contributed by atoms with Crippen molar-refractivity contribution in [3.05, 3.63) is 48.0 Å². The number of allylic oxidation sites excluding steroid dienone is 1. The lowest BCUT2D eigenvalue weighted by molar-refractivity contribution is -0.153. The van der Waals surface area contributed by atoms with Gasteiger partial charge in [0.15, 0.2) is 0 Å². The number of fused-ring (bicyclic) bond motifs is 1. The monoisotopic (exact) mass is 340 g/mol. The van der Waals surface area contributed by atoms with Crippen molar-refractivity contribution >= 4 is 11.9 Å². The van der Waals surface area contributed by atoms with Crippen LogP contribution >= 0.6 is 0 Å². The molecule has 5 nitrogen and oxygen atoms in total. The van der Waals surface area contributed by atoms with E-state index in [9.17, 15) is 9.59 Å². The molecule has 0 amide bonds. The third-order valence-corrected chi connectivity index (χ3v) is 6.82. The minimum Gasteiger partial charge on any atom is -0.472 e. The van der Waals surface area contributed by atoms with Crippen LogP contribution in [0.5, 0.6) is 0 Å². The number of rotatable bonds is 1. The minimum atomic E-state index is -0.728. The smallest absolute Gasteiger partial charge is 0.334 e. The number of carbonyl (C=O) groups is 2. The van der Waals surface area contributed by atoms with E-state index in [1.807, 2.05) is 12.1 Å². The average Bonchev–Trinajstić information content (AvgIpc) is 3.31. The Morgan fingerprint density at radius 1 is 1.28 bits per heavy atom. The molecule has 2 aliphatic carbocycles. The lowest BCUT2D eigenvalue weighted by Crippen LogP contribution is -2.52. The van der Waals surface area contributed by atoms with Crippen molar-refractivity contribution < 1.29 is 23.5 Å². The van der Waals surface area contributed by atoms with Crippen molar-refractivity contribution in [2.24, 2.45) is 16.7 Å². The lowest BCUT2D eigenvalue weighted by Gasteiger charge is -2.52. The van der Waals surface area contributed by atoms with E-state index < -0.39 is 5.41 Å². The molecule has 0 N–H and O–H groups in total. The Kier molecular flexibility index (Phi) is 2.92. The highest BCUT2D eigenvalue weighted by Crippen LogP contribution is 2.66. The first-order chi connectivity index (χ1) is 12.1. The van der Waals surface area contributed by atoms with E-state index in [-0.39, 0.29) is 29.4 Å². The van der Waals surface area contributed by atoms with Gasteiger partial charge in [0.2, 0.25) is 0 Å². The number of cyclic esters (lactones) is 2. The van der Waals surface area contributed by atoms with Crippen LogP contribution in [0.3, 0.4) is 0 Å². The maximum atomic E-state index is 13.1. The highest BCUT2D eigenvalue weighted by atomic mass is 16.6.